The molecule has 1 heterocycles. The largest absolute Gasteiger partial charge is 0.446 e. The van der Waals surface area contributed by atoms with Gasteiger partial charge >= 0.3 is 5.51 Å². The number of benzene rings is 1. The van der Waals surface area contributed by atoms with Crippen molar-refractivity contribution in [1.82, 2.24) is 5.32 Å². The van der Waals surface area contributed by atoms with Gasteiger partial charge < -0.3 is 10.1 Å². The van der Waals surface area contributed by atoms with Crippen LogP contribution in [-0.4, -0.2) is 24.7 Å². The van der Waals surface area contributed by atoms with Gasteiger partial charge in [0.2, 0.25) is 0 Å². The summed E-state index contributed by atoms with van der Waals surface area (Å²) in [5.41, 5.74) is -3.29. The predicted molar refractivity (Wildman–Crippen MR) is 78.3 cm³/mol. The van der Waals surface area contributed by atoms with Crippen molar-refractivity contribution < 1.29 is 17.9 Å². The van der Waals surface area contributed by atoms with Crippen molar-refractivity contribution in [2.24, 2.45) is 5.92 Å². The standard InChI is InChI=1S/C15H20F3NOS/c1-10(2)19-9-12-7-8-20-14(12)11-3-5-13(6-4-11)21-15(16,17)18/h3-6,10,12,14,19H,7-9H2,1-2H3. The Hall–Kier alpha value is -0.720. The van der Waals surface area contributed by atoms with E-state index in [0.717, 1.165) is 18.5 Å². The molecule has 2 rings (SSSR count). The van der Waals surface area contributed by atoms with Crippen LogP contribution in [-0.2, 0) is 4.74 Å². The summed E-state index contributed by atoms with van der Waals surface area (Å²) in [4.78, 5) is 0.209. The molecule has 2 atom stereocenters. The molecule has 6 heteroatoms. The van der Waals surface area contributed by atoms with E-state index in [2.05, 4.69) is 19.2 Å². The molecule has 118 valence electrons. The molecule has 1 saturated heterocycles. The third-order valence-electron chi connectivity index (χ3n) is 3.44. The highest BCUT2D eigenvalue weighted by atomic mass is 32.2. The average Bonchev–Trinajstić information content (AvgIpc) is 2.83. The molecule has 1 aromatic rings. The van der Waals surface area contributed by atoms with Gasteiger partial charge in [0.05, 0.1) is 6.10 Å². The van der Waals surface area contributed by atoms with Crippen molar-refractivity contribution in [2.75, 3.05) is 13.2 Å². The molecule has 1 aliphatic heterocycles. The van der Waals surface area contributed by atoms with Crippen LogP contribution >= 0.6 is 11.8 Å². The zero-order valence-electron chi connectivity index (χ0n) is 12.1. The van der Waals surface area contributed by atoms with Crippen molar-refractivity contribution in [3.8, 4) is 0 Å². The molecule has 1 aromatic carbocycles. The molecule has 2 nitrogen and oxygen atoms in total. The third-order valence-corrected chi connectivity index (χ3v) is 4.18. The van der Waals surface area contributed by atoms with E-state index >= 15 is 0 Å². The molecule has 0 radical (unpaired) electrons. The van der Waals surface area contributed by atoms with Crippen molar-refractivity contribution in [3.63, 3.8) is 0 Å². The highest BCUT2D eigenvalue weighted by molar-refractivity contribution is 8.00. The molecular formula is C15H20F3NOS. The molecule has 0 saturated carbocycles. The predicted octanol–water partition coefficient (Wildman–Crippen LogP) is 4.37. The molecule has 1 fully saturated rings. The van der Waals surface area contributed by atoms with Crippen LogP contribution in [0.25, 0.3) is 0 Å². The fraction of sp³-hybridized carbons (Fsp3) is 0.600. The minimum Gasteiger partial charge on any atom is -0.373 e. The quantitative estimate of drug-likeness (QED) is 0.814. The fourth-order valence-electron chi connectivity index (χ4n) is 2.46. The van der Waals surface area contributed by atoms with Crippen LogP contribution in [0.5, 0.6) is 0 Å². The van der Waals surface area contributed by atoms with Gasteiger partial charge in [0.15, 0.2) is 0 Å². The lowest BCUT2D eigenvalue weighted by Gasteiger charge is -2.21. The molecule has 1 N–H and O–H groups in total. The molecular weight excluding hydrogens is 299 g/mol. The summed E-state index contributed by atoms with van der Waals surface area (Å²) in [6, 6.07) is 6.93. The summed E-state index contributed by atoms with van der Waals surface area (Å²) in [7, 11) is 0. The number of halogens is 3. The smallest absolute Gasteiger partial charge is 0.373 e. The maximum Gasteiger partial charge on any atom is 0.446 e. The summed E-state index contributed by atoms with van der Waals surface area (Å²) in [6.07, 6.45) is 0.949. The van der Waals surface area contributed by atoms with Crippen LogP contribution in [0.3, 0.4) is 0 Å². The monoisotopic (exact) mass is 319 g/mol. The van der Waals surface area contributed by atoms with E-state index in [1.807, 2.05) is 0 Å². The molecule has 0 aromatic heterocycles. The first-order valence-electron chi connectivity index (χ1n) is 7.06. The van der Waals surface area contributed by atoms with E-state index in [0.29, 0.717) is 18.6 Å². The van der Waals surface area contributed by atoms with E-state index < -0.39 is 5.51 Å². The third kappa shape index (κ3) is 5.20. The number of rotatable bonds is 5. The van der Waals surface area contributed by atoms with Crippen molar-refractivity contribution >= 4 is 11.8 Å². The molecule has 21 heavy (non-hydrogen) atoms. The first-order chi connectivity index (χ1) is 9.85. The van der Waals surface area contributed by atoms with E-state index in [9.17, 15) is 13.2 Å². The van der Waals surface area contributed by atoms with Gasteiger partial charge in [-0.25, -0.2) is 0 Å². The normalized spacial score (nSPS) is 23.0. The van der Waals surface area contributed by atoms with Gasteiger partial charge in [0.25, 0.3) is 0 Å². The minimum absolute atomic E-state index is 0.0267. The molecule has 2 unspecified atom stereocenters. The van der Waals surface area contributed by atoms with Gasteiger partial charge in [0, 0.05) is 30.0 Å². The van der Waals surface area contributed by atoms with E-state index in [4.69, 9.17) is 4.74 Å². The maximum absolute atomic E-state index is 12.3. The van der Waals surface area contributed by atoms with Crippen LogP contribution in [0.2, 0.25) is 0 Å². The van der Waals surface area contributed by atoms with E-state index in [1.54, 1.807) is 12.1 Å². The summed E-state index contributed by atoms with van der Waals surface area (Å²) >= 11 is -0.0862. The molecule has 0 amide bonds. The lowest BCUT2D eigenvalue weighted by molar-refractivity contribution is -0.0328. The van der Waals surface area contributed by atoms with E-state index in [-0.39, 0.29) is 22.8 Å². The van der Waals surface area contributed by atoms with Crippen LogP contribution in [0, 0.1) is 5.92 Å². The van der Waals surface area contributed by atoms with Crippen molar-refractivity contribution in [3.05, 3.63) is 29.8 Å². The topological polar surface area (TPSA) is 21.3 Å². The fourth-order valence-corrected chi connectivity index (χ4v) is 3.00. The number of thioether (sulfide) groups is 1. The Balaban J connectivity index is 2.00. The summed E-state index contributed by atoms with van der Waals surface area (Å²) < 4.78 is 42.7. The molecule has 0 bridgehead atoms. The Kier molecular flexibility index (Phi) is 5.57. The van der Waals surface area contributed by atoms with E-state index in [1.165, 1.54) is 12.1 Å². The average molecular weight is 319 g/mol. The van der Waals surface area contributed by atoms with Crippen LogP contribution in [0.15, 0.2) is 29.2 Å². The van der Waals surface area contributed by atoms with Gasteiger partial charge in [-0.1, -0.05) is 26.0 Å². The Labute approximate surface area is 127 Å². The van der Waals surface area contributed by atoms with Crippen LogP contribution in [0.1, 0.15) is 31.9 Å². The number of hydrogen-bond acceptors (Lipinski definition) is 3. The SMILES string of the molecule is CC(C)NCC1CCOC1c1ccc(SC(F)(F)F)cc1. The van der Waals surface area contributed by atoms with Crippen LogP contribution in [0.4, 0.5) is 13.2 Å². The highest BCUT2D eigenvalue weighted by Gasteiger charge is 2.31. The minimum atomic E-state index is -4.24. The summed E-state index contributed by atoms with van der Waals surface area (Å²) in [6.45, 7) is 5.75. The zero-order valence-corrected chi connectivity index (χ0v) is 12.9. The van der Waals surface area contributed by atoms with Gasteiger partial charge in [0.1, 0.15) is 0 Å². The molecule has 0 aliphatic carbocycles. The zero-order chi connectivity index (χ0) is 15.5. The van der Waals surface area contributed by atoms with Gasteiger partial charge in [-0.15, -0.1) is 0 Å². The Morgan fingerprint density at radius 1 is 1.29 bits per heavy atom. The van der Waals surface area contributed by atoms with Gasteiger partial charge in [-0.2, -0.15) is 13.2 Å². The number of nitrogens with one attached hydrogen (secondary N) is 1. The Bertz CT molecular complexity index is 447. The number of hydrogen-bond donors (Lipinski definition) is 1. The van der Waals surface area contributed by atoms with Crippen molar-refractivity contribution in [1.29, 1.82) is 0 Å². The lowest BCUT2D eigenvalue weighted by Crippen LogP contribution is -2.30. The number of alkyl halides is 3. The van der Waals surface area contributed by atoms with Gasteiger partial charge in [-0.05, 0) is 35.9 Å². The van der Waals surface area contributed by atoms with Crippen LogP contribution < -0.4 is 5.32 Å². The summed E-state index contributed by atoms with van der Waals surface area (Å²) in [5, 5.41) is 3.40. The second-order valence-corrected chi connectivity index (χ2v) is 6.66. The number of ether oxygens (including phenoxy) is 1. The lowest BCUT2D eigenvalue weighted by atomic mass is 9.95. The van der Waals surface area contributed by atoms with Gasteiger partial charge in [-0.3, -0.25) is 0 Å². The highest BCUT2D eigenvalue weighted by Crippen LogP contribution is 2.39. The second-order valence-electron chi connectivity index (χ2n) is 5.52. The van der Waals surface area contributed by atoms with Crippen molar-refractivity contribution in [2.45, 2.75) is 42.8 Å². The maximum atomic E-state index is 12.3. The first kappa shape index (κ1) is 16.6. The first-order valence-corrected chi connectivity index (χ1v) is 7.87. The second kappa shape index (κ2) is 7.03. The Morgan fingerprint density at radius 2 is 1.95 bits per heavy atom. The summed E-state index contributed by atoms with van der Waals surface area (Å²) in [5.74, 6) is 0.369. The molecule has 1 aliphatic rings. The molecule has 0 spiro atoms. The Morgan fingerprint density at radius 3 is 2.52 bits per heavy atom.